The summed E-state index contributed by atoms with van der Waals surface area (Å²) in [6.45, 7) is 1.30. The highest BCUT2D eigenvalue weighted by molar-refractivity contribution is 7.99. The normalized spacial score (nSPS) is 16.4. The Morgan fingerprint density at radius 2 is 2.16 bits per heavy atom. The lowest BCUT2D eigenvalue weighted by Gasteiger charge is -2.11. The maximum atomic E-state index is 11.2. The molecule has 0 amide bonds. The van der Waals surface area contributed by atoms with Crippen LogP contribution in [0.25, 0.3) is 0 Å². The van der Waals surface area contributed by atoms with Gasteiger partial charge >= 0.3 is 5.97 Å². The van der Waals surface area contributed by atoms with E-state index >= 15 is 0 Å². The molecule has 1 aromatic heterocycles. The van der Waals surface area contributed by atoms with E-state index in [4.69, 9.17) is 5.11 Å². The minimum Gasteiger partial charge on any atom is -0.478 e. The fourth-order valence-corrected chi connectivity index (χ4v) is 2.66. The number of hydrogen-bond acceptors (Lipinski definition) is 6. The smallest absolute Gasteiger partial charge is 0.340 e. The van der Waals surface area contributed by atoms with Gasteiger partial charge in [-0.25, -0.2) is 14.8 Å². The summed E-state index contributed by atoms with van der Waals surface area (Å²) in [6, 6.07) is 0. The molecule has 2 rings (SSSR count). The SMILES string of the molecule is Cc1nc(C2CC2)nc(SCC(O)CO)c1C(=O)O. The van der Waals surface area contributed by atoms with Gasteiger partial charge in [0.15, 0.2) is 0 Å². The minimum atomic E-state index is -1.07. The summed E-state index contributed by atoms with van der Waals surface area (Å²) >= 11 is 1.14. The molecule has 1 aliphatic rings. The van der Waals surface area contributed by atoms with Crippen LogP contribution >= 0.6 is 11.8 Å². The number of thioether (sulfide) groups is 1. The maximum absolute atomic E-state index is 11.2. The fourth-order valence-electron chi connectivity index (χ4n) is 1.67. The van der Waals surface area contributed by atoms with E-state index in [9.17, 15) is 15.0 Å². The summed E-state index contributed by atoms with van der Waals surface area (Å²) in [5.74, 6) is 0.158. The molecule has 1 unspecified atom stereocenters. The predicted molar refractivity (Wildman–Crippen MR) is 69.5 cm³/mol. The number of aliphatic hydroxyl groups is 2. The first-order chi connectivity index (χ1) is 9.02. The summed E-state index contributed by atoms with van der Waals surface area (Å²) in [7, 11) is 0. The Morgan fingerprint density at radius 1 is 1.47 bits per heavy atom. The van der Waals surface area contributed by atoms with Crippen LogP contribution < -0.4 is 0 Å². The van der Waals surface area contributed by atoms with Gasteiger partial charge in [-0.2, -0.15) is 0 Å². The summed E-state index contributed by atoms with van der Waals surface area (Å²) in [4.78, 5) is 19.8. The molecular weight excluding hydrogens is 268 g/mol. The van der Waals surface area contributed by atoms with Crippen molar-refractivity contribution >= 4 is 17.7 Å². The second-order valence-electron chi connectivity index (χ2n) is 4.57. The number of carboxylic acid groups (broad SMARTS) is 1. The summed E-state index contributed by atoms with van der Waals surface area (Å²) in [5, 5.41) is 27.7. The molecule has 1 heterocycles. The van der Waals surface area contributed by atoms with Gasteiger partial charge in [0.1, 0.15) is 16.4 Å². The Balaban J connectivity index is 2.28. The van der Waals surface area contributed by atoms with Crippen molar-refractivity contribution in [1.82, 2.24) is 9.97 Å². The molecule has 0 radical (unpaired) electrons. The van der Waals surface area contributed by atoms with E-state index in [0.29, 0.717) is 22.5 Å². The zero-order valence-electron chi connectivity index (χ0n) is 10.5. The van der Waals surface area contributed by atoms with Crippen LogP contribution in [-0.2, 0) is 0 Å². The number of carbonyl (C=O) groups is 1. The fraction of sp³-hybridized carbons (Fsp3) is 0.583. The van der Waals surface area contributed by atoms with Gasteiger partial charge in [-0.05, 0) is 19.8 Å². The number of hydrogen-bond donors (Lipinski definition) is 3. The number of rotatable bonds is 6. The molecule has 7 heteroatoms. The second-order valence-corrected chi connectivity index (χ2v) is 5.58. The first-order valence-electron chi connectivity index (χ1n) is 6.06. The number of aromatic nitrogens is 2. The van der Waals surface area contributed by atoms with E-state index < -0.39 is 12.1 Å². The Hall–Kier alpha value is -1.18. The zero-order chi connectivity index (χ0) is 14.0. The van der Waals surface area contributed by atoms with Crippen molar-refractivity contribution in [1.29, 1.82) is 0 Å². The van der Waals surface area contributed by atoms with Gasteiger partial charge in [0, 0.05) is 11.7 Å². The van der Waals surface area contributed by atoms with Crippen LogP contribution in [0.15, 0.2) is 5.03 Å². The van der Waals surface area contributed by atoms with E-state index in [-0.39, 0.29) is 17.9 Å². The molecule has 1 atom stereocenters. The highest BCUT2D eigenvalue weighted by atomic mass is 32.2. The van der Waals surface area contributed by atoms with Gasteiger partial charge in [0.25, 0.3) is 0 Å². The van der Waals surface area contributed by atoms with Crippen molar-refractivity contribution < 1.29 is 20.1 Å². The van der Waals surface area contributed by atoms with Crippen molar-refractivity contribution in [3.8, 4) is 0 Å². The zero-order valence-corrected chi connectivity index (χ0v) is 11.4. The van der Waals surface area contributed by atoms with E-state index in [0.717, 1.165) is 24.6 Å². The van der Waals surface area contributed by atoms with E-state index in [1.807, 2.05) is 0 Å². The van der Waals surface area contributed by atoms with Crippen LogP contribution in [-0.4, -0.2) is 49.7 Å². The number of aliphatic hydroxyl groups excluding tert-OH is 2. The molecular formula is C12H16N2O4S. The van der Waals surface area contributed by atoms with Gasteiger partial charge in [0.05, 0.1) is 18.4 Å². The largest absolute Gasteiger partial charge is 0.478 e. The lowest BCUT2D eigenvalue weighted by molar-refractivity contribution is 0.0690. The lowest BCUT2D eigenvalue weighted by atomic mass is 10.2. The Labute approximate surface area is 114 Å². The third kappa shape index (κ3) is 3.43. The molecule has 0 bridgehead atoms. The highest BCUT2D eigenvalue weighted by Gasteiger charge is 2.29. The molecule has 19 heavy (non-hydrogen) atoms. The third-order valence-corrected chi connectivity index (χ3v) is 3.97. The maximum Gasteiger partial charge on any atom is 0.340 e. The molecule has 0 aromatic carbocycles. The molecule has 104 valence electrons. The topological polar surface area (TPSA) is 104 Å². The predicted octanol–water partition coefficient (Wildman–Crippen LogP) is 0.806. The Morgan fingerprint density at radius 3 is 2.68 bits per heavy atom. The average Bonchev–Trinajstić information content (AvgIpc) is 3.18. The third-order valence-electron chi connectivity index (χ3n) is 2.85. The summed E-state index contributed by atoms with van der Waals surface area (Å²) in [6.07, 6.45) is 1.19. The van der Waals surface area contributed by atoms with Crippen LogP contribution in [0.3, 0.4) is 0 Å². The monoisotopic (exact) mass is 284 g/mol. The quantitative estimate of drug-likeness (QED) is 0.524. The summed E-state index contributed by atoms with van der Waals surface area (Å²) in [5.41, 5.74) is 0.532. The number of carboxylic acids is 1. The first kappa shape index (κ1) is 14.2. The average molecular weight is 284 g/mol. The van der Waals surface area contributed by atoms with Gasteiger partial charge in [-0.15, -0.1) is 11.8 Å². The number of nitrogens with zero attached hydrogens (tertiary/aromatic N) is 2. The van der Waals surface area contributed by atoms with Crippen LogP contribution in [0, 0.1) is 6.92 Å². The van der Waals surface area contributed by atoms with E-state index in [2.05, 4.69) is 9.97 Å². The van der Waals surface area contributed by atoms with Crippen molar-refractivity contribution in [3.63, 3.8) is 0 Å². The van der Waals surface area contributed by atoms with Crippen LogP contribution in [0.1, 0.15) is 40.6 Å². The van der Waals surface area contributed by atoms with Gasteiger partial charge < -0.3 is 15.3 Å². The van der Waals surface area contributed by atoms with E-state index in [1.54, 1.807) is 6.92 Å². The number of aromatic carboxylic acids is 1. The minimum absolute atomic E-state index is 0.0829. The lowest BCUT2D eigenvalue weighted by Crippen LogP contribution is -2.16. The molecule has 0 spiro atoms. The van der Waals surface area contributed by atoms with Crippen molar-refractivity contribution in [2.75, 3.05) is 12.4 Å². The molecule has 3 N–H and O–H groups in total. The van der Waals surface area contributed by atoms with E-state index in [1.165, 1.54) is 0 Å². The Bertz CT molecular complexity index is 491. The van der Waals surface area contributed by atoms with Gasteiger partial charge in [0.2, 0.25) is 0 Å². The first-order valence-corrected chi connectivity index (χ1v) is 7.05. The van der Waals surface area contributed by atoms with Crippen molar-refractivity contribution in [3.05, 3.63) is 17.1 Å². The molecule has 1 aliphatic carbocycles. The molecule has 0 aliphatic heterocycles. The molecule has 0 saturated heterocycles. The van der Waals surface area contributed by atoms with Crippen LogP contribution in [0.4, 0.5) is 0 Å². The molecule has 1 aromatic rings. The number of aryl methyl sites for hydroxylation is 1. The van der Waals surface area contributed by atoms with Crippen molar-refractivity contribution in [2.45, 2.75) is 36.8 Å². The highest BCUT2D eigenvalue weighted by Crippen LogP contribution is 2.39. The molecule has 1 fully saturated rings. The van der Waals surface area contributed by atoms with Crippen LogP contribution in [0.2, 0.25) is 0 Å². The van der Waals surface area contributed by atoms with Crippen LogP contribution in [0.5, 0.6) is 0 Å². The second kappa shape index (κ2) is 5.85. The standard InChI is InChI=1S/C12H16N2O4S/c1-6-9(12(17)18)11(19-5-8(16)4-15)14-10(13-6)7-2-3-7/h7-8,15-16H,2-5H2,1H3,(H,17,18). The van der Waals surface area contributed by atoms with Gasteiger partial charge in [-0.1, -0.05) is 0 Å². The Kier molecular flexibility index (Phi) is 4.38. The van der Waals surface area contributed by atoms with Crippen molar-refractivity contribution in [2.24, 2.45) is 0 Å². The molecule has 6 nitrogen and oxygen atoms in total. The summed E-state index contributed by atoms with van der Waals surface area (Å²) < 4.78 is 0. The van der Waals surface area contributed by atoms with Gasteiger partial charge in [-0.3, -0.25) is 0 Å². The molecule has 1 saturated carbocycles.